The minimum atomic E-state index is -0.352. The van der Waals surface area contributed by atoms with E-state index < -0.39 is 0 Å². The lowest BCUT2D eigenvalue weighted by molar-refractivity contribution is -0.123. The number of halogens is 2. The normalized spacial score (nSPS) is 9.94. The fourth-order valence-electron chi connectivity index (χ4n) is 1.05. The van der Waals surface area contributed by atoms with Crippen molar-refractivity contribution < 1.29 is 13.9 Å². The maximum absolute atomic E-state index is 12.7. The van der Waals surface area contributed by atoms with Crippen LogP contribution in [-0.2, 0) is 4.79 Å². The van der Waals surface area contributed by atoms with Crippen LogP contribution in [0.1, 0.15) is 13.3 Å². The number of nitrogens with one attached hydrogen (secondary N) is 1. The van der Waals surface area contributed by atoms with Gasteiger partial charge in [-0.05, 0) is 40.5 Å². The van der Waals surface area contributed by atoms with E-state index in [1.165, 1.54) is 18.2 Å². The third-order valence-corrected chi connectivity index (χ3v) is 2.44. The molecule has 0 aliphatic rings. The lowest BCUT2D eigenvalue weighted by atomic mass is 10.3. The summed E-state index contributed by atoms with van der Waals surface area (Å²) in [5.41, 5.74) is 0. The van der Waals surface area contributed by atoms with Gasteiger partial charge in [0.05, 0.1) is 4.47 Å². The van der Waals surface area contributed by atoms with Crippen LogP contribution >= 0.6 is 15.9 Å². The van der Waals surface area contributed by atoms with Gasteiger partial charge in [-0.25, -0.2) is 4.39 Å². The van der Waals surface area contributed by atoms with E-state index in [1.54, 1.807) is 0 Å². The van der Waals surface area contributed by atoms with Gasteiger partial charge in [0.25, 0.3) is 5.91 Å². The Morgan fingerprint density at radius 1 is 1.56 bits per heavy atom. The van der Waals surface area contributed by atoms with Crippen LogP contribution in [0.15, 0.2) is 22.7 Å². The van der Waals surface area contributed by atoms with Gasteiger partial charge < -0.3 is 10.1 Å². The van der Waals surface area contributed by atoms with Crippen molar-refractivity contribution in [3.63, 3.8) is 0 Å². The second kappa shape index (κ2) is 6.48. The highest BCUT2D eigenvalue weighted by atomic mass is 79.9. The van der Waals surface area contributed by atoms with Crippen LogP contribution in [0.25, 0.3) is 0 Å². The van der Waals surface area contributed by atoms with Crippen LogP contribution in [0.3, 0.4) is 0 Å². The zero-order chi connectivity index (χ0) is 12.0. The highest BCUT2D eigenvalue weighted by Crippen LogP contribution is 2.25. The van der Waals surface area contributed by atoms with Crippen LogP contribution in [0.4, 0.5) is 4.39 Å². The zero-order valence-corrected chi connectivity index (χ0v) is 10.5. The van der Waals surface area contributed by atoms with Gasteiger partial charge in [0.1, 0.15) is 11.6 Å². The highest BCUT2D eigenvalue weighted by Gasteiger charge is 2.05. The van der Waals surface area contributed by atoms with E-state index in [2.05, 4.69) is 21.2 Å². The molecule has 0 heterocycles. The van der Waals surface area contributed by atoms with E-state index in [1.807, 2.05) is 6.92 Å². The quantitative estimate of drug-likeness (QED) is 0.904. The molecule has 0 atom stereocenters. The Kier molecular flexibility index (Phi) is 5.25. The molecule has 0 unspecified atom stereocenters. The summed E-state index contributed by atoms with van der Waals surface area (Å²) >= 11 is 3.15. The Labute approximate surface area is 102 Å². The van der Waals surface area contributed by atoms with Crippen molar-refractivity contribution >= 4 is 21.8 Å². The molecule has 1 aromatic rings. The van der Waals surface area contributed by atoms with Gasteiger partial charge >= 0.3 is 0 Å². The summed E-state index contributed by atoms with van der Waals surface area (Å²) in [7, 11) is 0. The molecule has 3 nitrogen and oxygen atoms in total. The van der Waals surface area contributed by atoms with E-state index in [-0.39, 0.29) is 18.3 Å². The van der Waals surface area contributed by atoms with Crippen molar-refractivity contribution in [1.82, 2.24) is 5.32 Å². The average Bonchev–Trinajstić information content (AvgIpc) is 2.25. The van der Waals surface area contributed by atoms with E-state index >= 15 is 0 Å². The van der Waals surface area contributed by atoms with Crippen molar-refractivity contribution in [2.75, 3.05) is 13.2 Å². The Morgan fingerprint density at radius 2 is 2.31 bits per heavy atom. The first-order chi connectivity index (χ1) is 7.63. The van der Waals surface area contributed by atoms with Gasteiger partial charge in [-0.2, -0.15) is 0 Å². The number of ether oxygens (including phenoxy) is 1. The molecule has 0 fully saturated rings. The van der Waals surface area contributed by atoms with E-state index in [0.717, 1.165) is 6.42 Å². The molecule has 0 aliphatic carbocycles. The molecule has 0 aromatic heterocycles. The predicted octanol–water partition coefficient (Wildman–Crippen LogP) is 2.49. The summed E-state index contributed by atoms with van der Waals surface area (Å²) in [6.45, 7) is 2.54. The van der Waals surface area contributed by atoms with Crippen LogP contribution in [0.5, 0.6) is 5.75 Å². The number of carbonyl (C=O) groups excluding carboxylic acids is 1. The SMILES string of the molecule is CCCNC(=O)COc1ccc(F)cc1Br. The van der Waals surface area contributed by atoms with Gasteiger partial charge in [-0.1, -0.05) is 6.92 Å². The van der Waals surface area contributed by atoms with Gasteiger partial charge in [0, 0.05) is 6.54 Å². The van der Waals surface area contributed by atoms with Crippen molar-refractivity contribution in [2.45, 2.75) is 13.3 Å². The number of hydrogen-bond acceptors (Lipinski definition) is 2. The monoisotopic (exact) mass is 289 g/mol. The summed E-state index contributed by atoms with van der Waals surface area (Å²) in [4.78, 5) is 11.2. The first-order valence-electron chi connectivity index (χ1n) is 4.98. The fraction of sp³-hybridized carbons (Fsp3) is 0.364. The maximum atomic E-state index is 12.7. The molecule has 16 heavy (non-hydrogen) atoms. The Hall–Kier alpha value is -1.10. The second-order valence-corrected chi connectivity index (χ2v) is 4.07. The molecule has 1 amide bonds. The molecule has 0 radical (unpaired) electrons. The maximum Gasteiger partial charge on any atom is 0.257 e. The van der Waals surface area contributed by atoms with Crippen LogP contribution in [0, 0.1) is 5.82 Å². The molecule has 1 aromatic carbocycles. The summed E-state index contributed by atoms with van der Waals surface area (Å²) < 4.78 is 18.5. The Bertz CT molecular complexity index is 371. The fourth-order valence-corrected chi connectivity index (χ4v) is 1.52. The first-order valence-corrected chi connectivity index (χ1v) is 5.77. The molecule has 0 aliphatic heterocycles. The highest BCUT2D eigenvalue weighted by molar-refractivity contribution is 9.10. The molecule has 0 saturated heterocycles. The number of hydrogen-bond donors (Lipinski definition) is 1. The number of benzene rings is 1. The second-order valence-electron chi connectivity index (χ2n) is 3.21. The number of carbonyl (C=O) groups is 1. The lowest BCUT2D eigenvalue weighted by Gasteiger charge is -2.08. The molecule has 1 rings (SSSR count). The van der Waals surface area contributed by atoms with Crippen molar-refractivity contribution in [2.24, 2.45) is 0 Å². The Balaban J connectivity index is 2.45. The van der Waals surface area contributed by atoms with Gasteiger partial charge in [-0.3, -0.25) is 4.79 Å². The smallest absolute Gasteiger partial charge is 0.257 e. The largest absolute Gasteiger partial charge is 0.483 e. The third-order valence-electron chi connectivity index (χ3n) is 1.82. The number of amides is 1. The van der Waals surface area contributed by atoms with Crippen molar-refractivity contribution in [3.8, 4) is 5.75 Å². The molecule has 88 valence electrons. The van der Waals surface area contributed by atoms with Crippen LogP contribution in [0.2, 0.25) is 0 Å². The molecular formula is C11H13BrFNO2. The van der Waals surface area contributed by atoms with Crippen LogP contribution in [-0.4, -0.2) is 19.1 Å². The summed E-state index contributed by atoms with van der Waals surface area (Å²) in [5, 5.41) is 2.68. The number of rotatable bonds is 5. The van der Waals surface area contributed by atoms with E-state index in [9.17, 15) is 9.18 Å². The van der Waals surface area contributed by atoms with E-state index in [0.29, 0.717) is 16.8 Å². The molecule has 0 bridgehead atoms. The van der Waals surface area contributed by atoms with Gasteiger partial charge in [-0.15, -0.1) is 0 Å². The minimum absolute atomic E-state index is 0.0652. The van der Waals surface area contributed by atoms with E-state index in [4.69, 9.17) is 4.74 Å². The minimum Gasteiger partial charge on any atom is -0.483 e. The molecule has 0 spiro atoms. The topological polar surface area (TPSA) is 38.3 Å². The summed E-state index contributed by atoms with van der Waals surface area (Å²) in [5.74, 6) is -0.0826. The first kappa shape index (κ1) is 13.0. The van der Waals surface area contributed by atoms with Crippen molar-refractivity contribution in [3.05, 3.63) is 28.5 Å². The van der Waals surface area contributed by atoms with Gasteiger partial charge in [0.2, 0.25) is 0 Å². The third kappa shape index (κ3) is 4.18. The summed E-state index contributed by atoms with van der Waals surface area (Å²) in [6, 6.07) is 4.05. The molecule has 1 N–H and O–H groups in total. The average molecular weight is 290 g/mol. The molecular weight excluding hydrogens is 277 g/mol. The predicted molar refractivity (Wildman–Crippen MR) is 62.9 cm³/mol. The lowest BCUT2D eigenvalue weighted by Crippen LogP contribution is -2.29. The zero-order valence-electron chi connectivity index (χ0n) is 8.93. The van der Waals surface area contributed by atoms with Crippen molar-refractivity contribution in [1.29, 1.82) is 0 Å². The summed E-state index contributed by atoms with van der Waals surface area (Å²) in [6.07, 6.45) is 0.881. The molecule has 5 heteroatoms. The Morgan fingerprint density at radius 3 is 2.94 bits per heavy atom. The van der Waals surface area contributed by atoms with Crippen LogP contribution < -0.4 is 10.1 Å². The van der Waals surface area contributed by atoms with Gasteiger partial charge in [0.15, 0.2) is 6.61 Å². The standard InChI is InChI=1S/C11H13BrFNO2/c1-2-5-14-11(15)7-16-10-4-3-8(13)6-9(10)12/h3-4,6H,2,5,7H2,1H3,(H,14,15). The molecule has 0 saturated carbocycles.